The minimum absolute atomic E-state index is 0.553. The minimum atomic E-state index is 0.553. The van der Waals surface area contributed by atoms with Gasteiger partial charge in [0.2, 0.25) is 0 Å². The van der Waals surface area contributed by atoms with Crippen LogP contribution in [0.3, 0.4) is 0 Å². The lowest BCUT2D eigenvalue weighted by molar-refractivity contribution is 0.172. The van der Waals surface area contributed by atoms with Crippen LogP contribution in [0.4, 0.5) is 0 Å². The Bertz CT molecular complexity index is 537. The van der Waals surface area contributed by atoms with Gasteiger partial charge in [0.1, 0.15) is 5.75 Å². The molecular weight excluding hydrogens is 302 g/mol. The Hall–Kier alpha value is -1.75. The van der Waals surface area contributed by atoms with Gasteiger partial charge >= 0.3 is 0 Å². The van der Waals surface area contributed by atoms with Gasteiger partial charge in [-0.25, -0.2) is 4.99 Å². The third-order valence-corrected chi connectivity index (χ3v) is 4.49. The van der Waals surface area contributed by atoms with Gasteiger partial charge in [-0.05, 0) is 37.3 Å². The maximum atomic E-state index is 6.18. The van der Waals surface area contributed by atoms with Crippen LogP contribution in [0.1, 0.15) is 37.3 Å². The number of hydrogen-bond donors (Lipinski definition) is 1. The van der Waals surface area contributed by atoms with E-state index in [1.807, 2.05) is 0 Å². The molecule has 0 bridgehead atoms. The fraction of sp³-hybridized carbons (Fsp3) is 0.632. The number of benzene rings is 1. The van der Waals surface area contributed by atoms with Crippen molar-refractivity contribution in [3.05, 3.63) is 29.3 Å². The molecule has 0 amide bonds. The number of likely N-dealkylation sites (tertiary alicyclic amines) is 1. The number of aryl methyl sites for hydroxylation is 1. The van der Waals surface area contributed by atoms with E-state index in [1.54, 1.807) is 7.11 Å². The molecule has 1 heterocycles. The van der Waals surface area contributed by atoms with E-state index in [9.17, 15) is 0 Å². The molecule has 5 nitrogen and oxygen atoms in total. The maximum Gasteiger partial charge on any atom is 0.191 e. The zero-order valence-corrected chi connectivity index (χ0v) is 15.3. The summed E-state index contributed by atoms with van der Waals surface area (Å²) in [4.78, 5) is 6.78. The first-order valence-corrected chi connectivity index (χ1v) is 8.86. The molecular formula is C19H31N3O2. The molecule has 0 unspecified atom stereocenters. The van der Waals surface area contributed by atoms with Gasteiger partial charge in [0.25, 0.3) is 0 Å². The van der Waals surface area contributed by atoms with Crippen LogP contribution in [0.15, 0.2) is 23.2 Å². The molecule has 1 aromatic carbocycles. The number of hydrogen-bond acceptors (Lipinski definition) is 3. The monoisotopic (exact) mass is 333 g/mol. The van der Waals surface area contributed by atoms with Crippen molar-refractivity contribution in [2.24, 2.45) is 16.6 Å². The molecule has 0 saturated carbocycles. The molecule has 5 heteroatoms. The normalized spacial score (nSPS) is 16.5. The molecule has 0 aromatic heterocycles. The Morgan fingerprint density at radius 3 is 2.75 bits per heavy atom. The average Bonchev–Trinajstić information content (AvgIpc) is 2.58. The van der Waals surface area contributed by atoms with Crippen molar-refractivity contribution in [1.82, 2.24) is 4.90 Å². The van der Waals surface area contributed by atoms with Gasteiger partial charge in [-0.1, -0.05) is 19.1 Å². The average molecular weight is 333 g/mol. The second-order valence-electron chi connectivity index (χ2n) is 6.65. The first kappa shape index (κ1) is 18.6. The van der Waals surface area contributed by atoms with Crippen LogP contribution in [0, 0.1) is 12.8 Å². The fourth-order valence-corrected chi connectivity index (χ4v) is 2.82. The number of aliphatic imine (C=N–C) groups is 1. The largest absolute Gasteiger partial charge is 0.493 e. The van der Waals surface area contributed by atoms with Crippen LogP contribution in [0.2, 0.25) is 0 Å². The van der Waals surface area contributed by atoms with Crippen molar-refractivity contribution in [2.75, 3.05) is 33.4 Å². The smallest absolute Gasteiger partial charge is 0.191 e. The number of nitrogens with zero attached hydrogens (tertiary/aromatic N) is 2. The third-order valence-electron chi connectivity index (χ3n) is 4.49. The summed E-state index contributed by atoms with van der Waals surface area (Å²) < 4.78 is 11.0. The zero-order chi connectivity index (χ0) is 17.4. The van der Waals surface area contributed by atoms with Crippen molar-refractivity contribution >= 4 is 5.96 Å². The summed E-state index contributed by atoms with van der Waals surface area (Å²) in [6, 6.07) is 6.23. The van der Waals surface area contributed by atoms with Gasteiger partial charge in [0.15, 0.2) is 5.96 Å². The van der Waals surface area contributed by atoms with E-state index in [-0.39, 0.29) is 0 Å². The molecule has 2 rings (SSSR count). The molecule has 134 valence electrons. The standard InChI is InChI=1S/C19H31N3O2/c1-15-7-9-22(10-8-15)19(20)21-14-17-6-5-16(2)13-18(17)24-12-4-11-23-3/h5-6,13,15H,4,7-12,14H2,1-3H3,(H2,20,21). The van der Waals surface area contributed by atoms with Crippen molar-refractivity contribution in [3.63, 3.8) is 0 Å². The van der Waals surface area contributed by atoms with Crippen LogP contribution >= 0.6 is 0 Å². The van der Waals surface area contributed by atoms with Crippen LogP contribution in [-0.4, -0.2) is 44.3 Å². The first-order chi connectivity index (χ1) is 11.6. The molecule has 1 aliphatic heterocycles. The number of piperidine rings is 1. The highest BCUT2D eigenvalue weighted by Gasteiger charge is 2.17. The molecule has 0 aliphatic carbocycles. The predicted molar refractivity (Wildman–Crippen MR) is 98.5 cm³/mol. The molecule has 0 atom stereocenters. The van der Waals surface area contributed by atoms with E-state index in [1.165, 1.54) is 18.4 Å². The van der Waals surface area contributed by atoms with E-state index < -0.39 is 0 Å². The lowest BCUT2D eigenvalue weighted by atomic mass is 10.00. The Morgan fingerprint density at radius 2 is 2.04 bits per heavy atom. The lowest BCUT2D eigenvalue weighted by Gasteiger charge is -2.31. The molecule has 1 aromatic rings. The third kappa shape index (κ3) is 5.71. The van der Waals surface area contributed by atoms with Gasteiger partial charge in [-0.15, -0.1) is 0 Å². The van der Waals surface area contributed by atoms with E-state index >= 15 is 0 Å². The van der Waals surface area contributed by atoms with Crippen LogP contribution in [0.5, 0.6) is 5.75 Å². The summed E-state index contributed by atoms with van der Waals surface area (Å²) >= 11 is 0. The zero-order valence-electron chi connectivity index (χ0n) is 15.3. The molecule has 0 spiro atoms. The second kappa shape index (κ2) is 9.52. The Morgan fingerprint density at radius 1 is 1.29 bits per heavy atom. The number of nitrogens with two attached hydrogens (primary N) is 1. The summed E-state index contributed by atoms with van der Waals surface area (Å²) in [5.41, 5.74) is 8.44. The highest BCUT2D eigenvalue weighted by molar-refractivity contribution is 5.78. The number of methoxy groups -OCH3 is 1. The predicted octanol–water partition coefficient (Wildman–Crippen LogP) is 2.96. The molecule has 1 aliphatic rings. The Labute approximate surface area is 145 Å². The van der Waals surface area contributed by atoms with E-state index in [0.29, 0.717) is 25.7 Å². The van der Waals surface area contributed by atoms with E-state index in [0.717, 1.165) is 36.7 Å². The molecule has 0 radical (unpaired) electrons. The van der Waals surface area contributed by atoms with Crippen LogP contribution in [-0.2, 0) is 11.3 Å². The number of rotatable bonds is 7. The minimum Gasteiger partial charge on any atom is -0.493 e. The maximum absolute atomic E-state index is 6.18. The molecule has 24 heavy (non-hydrogen) atoms. The molecule has 1 fully saturated rings. The highest BCUT2D eigenvalue weighted by atomic mass is 16.5. The van der Waals surface area contributed by atoms with Crippen LogP contribution in [0.25, 0.3) is 0 Å². The number of guanidine groups is 1. The van der Waals surface area contributed by atoms with Gasteiger partial charge in [0, 0.05) is 38.8 Å². The summed E-state index contributed by atoms with van der Waals surface area (Å²) in [7, 11) is 1.71. The molecule has 1 saturated heterocycles. The quantitative estimate of drug-likeness (QED) is 0.473. The lowest BCUT2D eigenvalue weighted by Crippen LogP contribution is -2.42. The van der Waals surface area contributed by atoms with Crippen molar-refractivity contribution in [2.45, 2.75) is 39.7 Å². The van der Waals surface area contributed by atoms with Gasteiger partial charge in [-0.3, -0.25) is 0 Å². The van der Waals surface area contributed by atoms with Gasteiger partial charge in [-0.2, -0.15) is 0 Å². The molecule has 2 N–H and O–H groups in total. The van der Waals surface area contributed by atoms with Gasteiger partial charge in [0.05, 0.1) is 13.2 Å². The summed E-state index contributed by atoms with van der Waals surface area (Å²) in [6.45, 7) is 8.28. The van der Waals surface area contributed by atoms with Crippen molar-refractivity contribution < 1.29 is 9.47 Å². The Balaban J connectivity index is 1.96. The van der Waals surface area contributed by atoms with Gasteiger partial charge < -0.3 is 20.1 Å². The highest BCUT2D eigenvalue weighted by Crippen LogP contribution is 2.22. The number of ether oxygens (including phenoxy) is 2. The summed E-state index contributed by atoms with van der Waals surface area (Å²) in [5, 5.41) is 0. The Kier molecular flexibility index (Phi) is 7.37. The SMILES string of the molecule is COCCCOc1cc(C)ccc1CN=C(N)N1CCC(C)CC1. The van der Waals surface area contributed by atoms with E-state index in [4.69, 9.17) is 15.2 Å². The second-order valence-corrected chi connectivity index (χ2v) is 6.65. The fourth-order valence-electron chi connectivity index (χ4n) is 2.82. The van der Waals surface area contributed by atoms with Crippen molar-refractivity contribution in [1.29, 1.82) is 0 Å². The van der Waals surface area contributed by atoms with E-state index in [2.05, 4.69) is 41.9 Å². The van der Waals surface area contributed by atoms with Crippen molar-refractivity contribution in [3.8, 4) is 5.75 Å². The first-order valence-electron chi connectivity index (χ1n) is 8.86. The summed E-state index contributed by atoms with van der Waals surface area (Å²) in [6.07, 6.45) is 3.25. The van der Waals surface area contributed by atoms with Crippen LogP contribution < -0.4 is 10.5 Å². The topological polar surface area (TPSA) is 60.1 Å². The summed E-state index contributed by atoms with van der Waals surface area (Å²) in [5.74, 6) is 2.33.